The lowest BCUT2D eigenvalue weighted by molar-refractivity contribution is 0.794. The molecule has 1 aliphatic heterocycles. The first kappa shape index (κ1) is 30.4. The maximum absolute atomic E-state index is 5.39. The molecule has 52 heavy (non-hydrogen) atoms. The number of nitrogens with zero attached hydrogens (tertiary/aromatic N) is 2. The van der Waals surface area contributed by atoms with E-state index in [4.69, 9.17) is 9.98 Å². The van der Waals surface area contributed by atoms with Gasteiger partial charge in [-0.15, -0.1) is 0 Å². The Labute approximate surface area is 305 Å². The third-order valence-corrected chi connectivity index (χ3v) is 11.1. The smallest absolute Gasteiger partial charge is 0.160 e. The summed E-state index contributed by atoms with van der Waals surface area (Å²) < 4.78 is 0. The molecule has 0 N–H and O–H groups in total. The number of rotatable bonds is 4. The lowest BCUT2D eigenvalue weighted by Gasteiger charge is -2.30. The molecule has 246 valence electrons. The van der Waals surface area contributed by atoms with Crippen LogP contribution in [0.4, 0.5) is 0 Å². The molecule has 2 aliphatic carbocycles. The Hall–Kier alpha value is -6.38. The summed E-state index contributed by atoms with van der Waals surface area (Å²) in [6, 6.07) is 63.9. The predicted molar refractivity (Wildman–Crippen MR) is 216 cm³/mol. The van der Waals surface area contributed by atoms with Crippen molar-refractivity contribution in [2.45, 2.75) is 24.7 Å². The maximum Gasteiger partial charge on any atom is 0.160 e. The summed E-state index contributed by atoms with van der Waals surface area (Å²) >= 11 is 0. The van der Waals surface area contributed by atoms with Gasteiger partial charge in [-0.1, -0.05) is 176 Å². The van der Waals surface area contributed by atoms with E-state index < -0.39 is 0 Å². The minimum absolute atomic E-state index is 0.362. The topological polar surface area (TPSA) is 24.7 Å². The molecule has 0 saturated carbocycles. The van der Waals surface area contributed by atoms with Gasteiger partial charge in [-0.05, 0) is 92.1 Å². The van der Waals surface area contributed by atoms with Crippen LogP contribution in [0.25, 0.3) is 39.1 Å². The summed E-state index contributed by atoms with van der Waals surface area (Å²) in [5, 5.41) is 0. The average molecular weight is 665 g/mol. The van der Waals surface area contributed by atoms with E-state index in [0.29, 0.717) is 0 Å². The van der Waals surface area contributed by atoms with Crippen molar-refractivity contribution in [3.8, 4) is 33.4 Å². The van der Waals surface area contributed by atoms with Crippen molar-refractivity contribution in [1.82, 2.24) is 0 Å². The lowest BCUT2D eigenvalue weighted by Crippen LogP contribution is -2.25. The molecule has 2 nitrogen and oxygen atoms in total. The van der Waals surface area contributed by atoms with Gasteiger partial charge in [-0.3, -0.25) is 0 Å². The van der Waals surface area contributed by atoms with E-state index in [2.05, 4.69) is 176 Å². The van der Waals surface area contributed by atoms with Crippen LogP contribution in [0, 0.1) is 0 Å². The van der Waals surface area contributed by atoms with Crippen LogP contribution in [0.15, 0.2) is 192 Å². The molecule has 7 aromatic carbocycles. The highest BCUT2D eigenvalue weighted by atomic mass is 14.9. The monoisotopic (exact) mass is 664 g/mol. The Morgan fingerprint density at radius 2 is 0.923 bits per heavy atom. The van der Waals surface area contributed by atoms with Gasteiger partial charge < -0.3 is 0 Å². The van der Waals surface area contributed by atoms with Crippen molar-refractivity contribution < 1.29 is 0 Å². The minimum atomic E-state index is -0.362. The molecule has 0 amide bonds. The second-order valence-corrected chi connectivity index (χ2v) is 13.9. The van der Waals surface area contributed by atoms with Crippen LogP contribution < -0.4 is 0 Å². The van der Waals surface area contributed by atoms with E-state index in [9.17, 15) is 0 Å². The number of hydrogen-bond donors (Lipinski definition) is 0. The van der Waals surface area contributed by atoms with Crippen molar-refractivity contribution in [2.24, 2.45) is 9.98 Å². The number of allylic oxidation sites excluding steroid dienone is 1. The summed E-state index contributed by atoms with van der Waals surface area (Å²) in [7, 11) is 0. The molecular formula is C50H36N2. The molecule has 2 heteroatoms. The molecule has 7 aromatic rings. The van der Waals surface area contributed by atoms with Crippen LogP contribution >= 0.6 is 0 Å². The van der Waals surface area contributed by atoms with Gasteiger partial charge in [0, 0.05) is 5.56 Å². The minimum Gasteiger partial charge on any atom is -0.233 e. The van der Waals surface area contributed by atoms with Crippen LogP contribution in [0.5, 0.6) is 0 Å². The number of benzene rings is 7. The molecule has 0 fully saturated rings. The number of hydrogen-bond acceptors (Lipinski definition) is 2. The van der Waals surface area contributed by atoms with Gasteiger partial charge in [0.2, 0.25) is 0 Å². The Morgan fingerprint density at radius 3 is 1.63 bits per heavy atom. The van der Waals surface area contributed by atoms with E-state index in [1.807, 2.05) is 6.07 Å². The zero-order valence-corrected chi connectivity index (χ0v) is 28.8. The third kappa shape index (κ3) is 4.72. The van der Waals surface area contributed by atoms with Crippen molar-refractivity contribution >= 4 is 17.2 Å². The quantitative estimate of drug-likeness (QED) is 0.179. The van der Waals surface area contributed by atoms with Crippen LogP contribution in [0.2, 0.25) is 0 Å². The van der Waals surface area contributed by atoms with Crippen LogP contribution in [0.1, 0.15) is 58.2 Å². The van der Waals surface area contributed by atoms with Gasteiger partial charge in [-0.2, -0.15) is 0 Å². The molecule has 0 radical (unpaired) electrons. The van der Waals surface area contributed by atoms with Crippen LogP contribution in [0.3, 0.4) is 0 Å². The van der Waals surface area contributed by atoms with E-state index in [-0.39, 0.29) is 5.41 Å². The van der Waals surface area contributed by atoms with E-state index in [1.165, 1.54) is 55.6 Å². The second-order valence-electron chi connectivity index (χ2n) is 13.9. The Kier molecular flexibility index (Phi) is 7.28. The fourth-order valence-electron chi connectivity index (χ4n) is 8.84. The molecule has 0 atom stereocenters. The predicted octanol–water partition coefficient (Wildman–Crippen LogP) is 12.2. The van der Waals surface area contributed by atoms with Gasteiger partial charge in [0.1, 0.15) is 0 Å². The second kappa shape index (κ2) is 12.4. The fraction of sp³-hybridized carbons (Fsp3) is 0.0800. The van der Waals surface area contributed by atoms with E-state index in [0.717, 1.165) is 53.2 Å². The summed E-state index contributed by atoms with van der Waals surface area (Å²) in [6.45, 7) is 0. The molecule has 0 unspecified atom stereocenters. The summed E-state index contributed by atoms with van der Waals surface area (Å²) in [4.78, 5) is 10.6. The third-order valence-electron chi connectivity index (χ3n) is 11.1. The van der Waals surface area contributed by atoms with Crippen LogP contribution in [-0.2, 0) is 5.41 Å². The summed E-state index contributed by atoms with van der Waals surface area (Å²) in [5.41, 5.74) is 18.1. The largest absolute Gasteiger partial charge is 0.233 e. The highest BCUT2D eigenvalue weighted by molar-refractivity contribution is 6.14. The van der Waals surface area contributed by atoms with Crippen molar-refractivity contribution in [3.63, 3.8) is 0 Å². The van der Waals surface area contributed by atoms with Gasteiger partial charge >= 0.3 is 0 Å². The molecule has 0 bridgehead atoms. The molecule has 3 aliphatic rings. The molecule has 1 heterocycles. The first-order valence-electron chi connectivity index (χ1n) is 18.3. The first-order chi connectivity index (χ1) is 25.8. The van der Waals surface area contributed by atoms with Gasteiger partial charge in [-0.25, -0.2) is 9.98 Å². The van der Waals surface area contributed by atoms with Crippen molar-refractivity contribution in [3.05, 3.63) is 221 Å². The molecule has 1 spiro atoms. The zero-order valence-electron chi connectivity index (χ0n) is 28.8. The van der Waals surface area contributed by atoms with E-state index >= 15 is 0 Å². The first-order valence-corrected chi connectivity index (χ1v) is 18.3. The van der Waals surface area contributed by atoms with Crippen molar-refractivity contribution in [2.75, 3.05) is 0 Å². The molecule has 10 rings (SSSR count). The van der Waals surface area contributed by atoms with Crippen LogP contribution in [-0.4, -0.2) is 11.5 Å². The highest BCUT2D eigenvalue weighted by Gasteiger charge is 2.51. The Balaban J connectivity index is 1.14. The Bertz CT molecular complexity index is 2540. The number of fused-ring (bicyclic) bond motifs is 10. The highest BCUT2D eigenvalue weighted by Crippen LogP contribution is 2.63. The average Bonchev–Trinajstić information content (AvgIpc) is 3.73. The molecule has 0 saturated heterocycles. The molecule has 0 aromatic heterocycles. The van der Waals surface area contributed by atoms with Gasteiger partial charge in [0.15, 0.2) is 5.84 Å². The standard InChI is InChI=1S/C50H36N2/c1-3-17-34(18-4-1)46-31-13-14-32-47(52-49(51-46)35-19-5-2-6-20-35)37-22-15-21-36(33-37)38-26-16-30-45-48(38)41-25-9-12-29-44(41)50(45)42-27-10-7-23-39(42)40-24-8-11-28-43(40)50/h1-12,15-31,33H,13-14,32H2/b46-31-,51-49-,52-47+. The fourth-order valence-corrected chi connectivity index (χ4v) is 8.84. The Morgan fingerprint density at radius 1 is 0.404 bits per heavy atom. The zero-order chi connectivity index (χ0) is 34.5. The van der Waals surface area contributed by atoms with Gasteiger partial charge in [0.05, 0.1) is 16.8 Å². The van der Waals surface area contributed by atoms with E-state index in [1.54, 1.807) is 0 Å². The van der Waals surface area contributed by atoms with Crippen molar-refractivity contribution in [1.29, 1.82) is 0 Å². The summed E-state index contributed by atoms with van der Waals surface area (Å²) in [5.74, 6) is 0.744. The number of amidine groups is 1. The van der Waals surface area contributed by atoms with Gasteiger partial charge in [0.25, 0.3) is 0 Å². The SMILES string of the molecule is C1=C(c2ccccc2)/N=C(c2ccccc2)\N=C(\c2cccc(-c3cccc4c3-c3ccccc3C43c4ccccc4-c4ccccc43)c2)CCC\1. The maximum atomic E-state index is 5.39. The molecular weight excluding hydrogens is 629 g/mol. The summed E-state index contributed by atoms with van der Waals surface area (Å²) in [6.07, 6.45) is 5.06. The lowest BCUT2D eigenvalue weighted by atomic mass is 9.70. The number of aliphatic imine (C=N–C) groups is 2. The normalized spacial score (nSPS) is 18.2.